The van der Waals surface area contributed by atoms with Crippen molar-refractivity contribution in [2.24, 2.45) is 0 Å². The van der Waals surface area contributed by atoms with Crippen LogP contribution in [-0.2, 0) is 6.54 Å². The SMILES string of the molecule is Cc1ccc(-n2c(=O)c3ccccc3n(CC(=O)c3ccc(Cl)cc3)c2=O)cc1C. The minimum atomic E-state index is -0.552. The molecule has 0 N–H and O–H groups in total. The molecule has 4 rings (SSSR count). The average Bonchev–Trinajstić information content (AvgIpc) is 2.74. The van der Waals surface area contributed by atoms with Gasteiger partial charge in [-0.1, -0.05) is 29.8 Å². The van der Waals surface area contributed by atoms with Crippen molar-refractivity contribution in [3.05, 3.63) is 109 Å². The quantitative estimate of drug-likeness (QED) is 0.464. The van der Waals surface area contributed by atoms with Gasteiger partial charge in [0.05, 0.1) is 23.1 Å². The van der Waals surface area contributed by atoms with Crippen LogP contribution in [0, 0.1) is 13.8 Å². The van der Waals surface area contributed by atoms with Crippen molar-refractivity contribution >= 4 is 28.3 Å². The molecule has 0 spiro atoms. The molecule has 0 aliphatic carbocycles. The summed E-state index contributed by atoms with van der Waals surface area (Å²) in [5, 5.41) is 0.900. The number of carbonyl (C=O) groups is 1. The fourth-order valence-electron chi connectivity index (χ4n) is 3.44. The molecular weight excluding hydrogens is 400 g/mol. The molecule has 0 saturated heterocycles. The monoisotopic (exact) mass is 418 g/mol. The number of hydrogen-bond acceptors (Lipinski definition) is 3. The van der Waals surface area contributed by atoms with Crippen molar-refractivity contribution in [3.63, 3.8) is 0 Å². The van der Waals surface area contributed by atoms with E-state index in [0.29, 0.717) is 27.2 Å². The summed E-state index contributed by atoms with van der Waals surface area (Å²) in [4.78, 5) is 39.4. The zero-order valence-electron chi connectivity index (χ0n) is 16.6. The van der Waals surface area contributed by atoms with Crippen LogP contribution < -0.4 is 11.2 Å². The third-order valence-electron chi connectivity index (χ3n) is 5.27. The fraction of sp³-hybridized carbons (Fsp3) is 0.125. The largest absolute Gasteiger partial charge is 0.336 e. The van der Waals surface area contributed by atoms with E-state index in [1.807, 2.05) is 19.9 Å². The second-order valence-corrected chi connectivity index (χ2v) is 7.66. The predicted octanol–water partition coefficient (Wildman–Crippen LogP) is 4.31. The molecule has 0 amide bonds. The minimum Gasteiger partial charge on any atom is -0.292 e. The summed E-state index contributed by atoms with van der Waals surface area (Å²) in [6.07, 6.45) is 0. The highest BCUT2D eigenvalue weighted by atomic mass is 35.5. The van der Waals surface area contributed by atoms with E-state index in [4.69, 9.17) is 11.6 Å². The van der Waals surface area contributed by atoms with Crippen LogP contribution in [0.1, 0.15) is 21.5 Å². The molecule has 0 atom stereocenters. The number of carbonyl (C=O) groups excluding carboxylic acids is 1. The van der Waals surface area contributed by atoms with E-state index in [0.717, 1.165) is 15.7 Å². The number of ketones is 1. The first-order chi connectivity index (χ1) is 14.4. The first-order valence-corrected chi connectivity index (χ1v) is 9.85. The molecule has 1 aromatic heterocycles. The maximum Gasteiger partial charge on any atom is 0.336 e. The van der Waals surface area contributed by atoms with Gasteiger partial charge in [0.2, 0.25) is 0 Å². The molecule has 4 aromatic rings. The van der Waals surface area contributed by atoms with E-state index in [2.05, 4.69) is 0 Å². The van der Waals surface area contributed by atoms with Crippen molar-refractivity contribution in [3.8, 4) is 5.69 Å². The minimum absolute atomic E-state index is 0.188. The van der Waals surface area contributed by atoms with Crippen molar-refractivity contribution in [1.29, 1.82) is 0 Å². The maximum absolute atomic E-state index is 13.4. The van der Waals surface area contributed by atoms with Gasteiger partial charge in [0, 0.05) is 10.6 Å². The highest BCUT2D eigenvalue weighted by molar-refractivity contribution is 6.30. The van der Waals surface area contributed by atoms with Gasteiger partial charge in [-0.3, -0.25) is 14.2 Å². The number of benzene rings is 3. The molecule has 0 saturated carbocycles. The number of Topliss-reactive ketones (excluding diaryl/α,β-unsaturated/α-hetero) is 1. The Hall–Kier alpha value is -3.44. The topological polar surface area (TPSA) is 61.1 Å². The summed E-state index contributed by atoms with van der Waals surface area (Å²) in [6.45, 7) is 3.70. The first kappa shape index (κ1) is 19.9. The van der Waals surface area contributed by atoms with Gasteiger partial charge in [-0.25, -0.2) is 9.36 Å². The number of aryl methyl sites for hydroxylation is 2. The number of halogens is 1. The zero-order valence-corrected chi connectivity index (χ0v) is 17.3. The van der Waals surface area contributed by atoms with E-state index in [-0.39, 0.29) is 12.3 Å². The van der Waals surface area contributed by atoms with E-state index in [9.17, 15) is 14.4 Å². The summed E-state index contributed by atoms with van der Waals surface area (Å²) in [6, 6.07) is 18.7. The number of para-hydroxylation sites is 1. The van der Waals surface area contributed by atoms with Gasteiger partial charge in [-0.05, 0) is 73.5 Å². The van der Waals surface area contributed by atoms with Crippen molar-refractivity contribution < 1.29 is 4.79 Å². The van der Waals surface area contributed by atoms with Crippen molar-refractivity contribution in [1.82, 2.24) is 9.13 Å². The van der Waals surface area contributed by atoms with E-state index in [1.54, 1.807) is 60.7 Å². The molecule has 6 heteroatoms. The van der Waals surface area contributed by atoms with Gasteiger partial charge in [0.15, 0.2) is 5.78 Å². The molecule has 5 nitrogen and oxygen atoms in total. The van der Waals surface area contributed by atoms with E-state index >= 15 is 0 Å². The smallest absolute Gasteiger partial charge is 0.292 e. The Morgan fingerprint density at radius 1 is 0.900 bits per heavy atom. The molecule has 0 aliphatic heterocycles. The van der Waals surface area contributed by atoms with Crippen LogP contribution in [0.4, 0.5) is 0 Å². The van der Waals surface area contributed by atoms with Crippen LogP contribution in [0.5, 0.6) is 0 Å². The molecular formula is C24H19ClN2O3. The number of nitrogens with zero attached hydrogens (tertiary/aromatic N) is 2. The summed E-state index contributed by atoms with van der Waals surface area (Å²) >= 11 is 5.91. The molecule has 0 radical (unpaired) electrons. The number of rotatable bonds is 4. The van der Waals surface area contributed by atoms with Crippen LogP contribution in [0.25, 0.3) is 16.6 Å². The van der Waals surface area contributed by atoms with Gasteiger partial charge in [-0.15, -0.1) is 0 Å². The number of aromatic nitrogens is 2. The van der Waals surface area contributed by atoms with Crippen LogP contribution in [-0.4, -0.2) is 14.9 Å². The molecule has 30 heavy (non-hydrogen) atoms. The Kier molecular flexibility index (Phi) is 5.14. The molecule has 1 heterocycles. The number of hydrogen-bond donors (Lipinski definition) is 0. The second kappa shape index (κ2) is 7.76. The van der Waals surface area contributed by atoms with Crippen molar-refractivity contribution in [2.45, 2.75) is 20.4 Å². The molecule has 150 valence electrons. The maximum atomic E-state index is 13.4. The van der Waals surface area contributed by atoms with Crippen LogP contribution in [0.15, 0.2) is 76.3 Å². The van der Waals surface area contributed by atoms with E-state index < -0.39 is 11.2 Å². The molecule has 0 bridgehead atoms. The van der Waals surface area contributed by atoms with Crippen LogP contribution in [0.2, 0.25) is 5.02 Å². The predicted molar refractivity (Wildman–Crippen MR) is 119 cm³/mol. The highest BCUT2D eigenvalue weighted by Gasteiger charge is 2.17. The molecule has 0 fully saturated rings. The average molecular weight is 419 g/mol. The van der Waals surface area contributed by atoms with Crippen LogP contribution in [0.3, 0.4) is 0 Å². The lowest BCUT2D eigenvalue weighted by molar-refractivity contribution is 0.0971. The van der Waals surface area contributed by atoms with Gasteiger partial charge in [0.25, 0.3) is 5.56 Å². The Morgan fingerprint density at radius 2 is 1.60 bits per heavy atom. The Morgan fingerprint density at radius 3 is 2.30 bits per heavy atom. The molecule has 0 aliphatic rings. The fourth-order valence-corrected chi connectivity index (χ4v) is 3.56. The third kappa shape index (κ3) is 3.48. The summed E-state index contributed by atoms with van der Waals surface area (Å²) in [5.74, 6) is -0.246. The van der Waals surface area contributed by atoms with E-state index in [1.165, 1.54) is 4.57 Å². The van der Waals surface area contributed by atoms with Gasteiger partial charge >= 0.3 is 5.69 Å². The van der Waals surface area contributed by atoms with Gasteiger partial charge in [-0.2, -0.15) is 0 Å². The summed E-state index contributed by atoms with van der Waals surface area (Å²) in [5.41, 5.74) is 2.42. The number of fused-ring (bicyclic) bond motifs is 1. The lowest BCUT2D eigenvalue weighted by Crippen LogP contribution is -2.40. The van der Waals surface area contributed by atoms with Crippen LogP contribution >= 0.6 is 11.6 Å². The second-order valence-electron chi connectivity index (χ2n) is 7.23. The summed E-state index contributed by atoms with van der Waals surface area (Å²) < 4.78 is 2.48. The lowest BCUT2D eigenvalue weighted by atomic mass is 10.1. The normalized spacial score (nSPS) is 11.0. The zero-order chi connectivity index (χ0) is 21.4. The highest BCUT2D eigenvalue weighted by Crippen LogP contribution is 2.15. The Bertz CT molecular complexity index is 1400. The standard InChI is InChI=1S/C24H19ClN2O3/c1-15-7-12-19(13-16(15)2)27-23(29)20-5-3-4-6-21(20)26(24(27)30)14-22(28)17-8-10-18(25)11-9-17/h3-13H,14H2,1-2H3. The lowest BCUT2D eigenvalue weighted by Gasteiger charge is -2.14. The Balaban J connectivity index is 1.94. The molecule has 0 unspecified atom stereocenters. The Labute approximate surface area is 177 Å². The third-order valence-corrected chi connectivity index (χ3v) is 5.52. The summed E-state index contributed by atoms with van der Waals surface area (Å²) in [7, 11) is 0. The van der Waals surface area contributed by atoms with Gasteiger partial charge in [0.1, 0.15) is 0 Å². The molecule has 3 aromatic carbocycles. The first-order valence-electron chi connectivity index (χ1n) is 9.48. The van der Waals surface area contributed by atoms with Gasteiger partial charge < -0.3 is 0 Å². The van der Waals surface area contributed by atoms with Crippen molar-refractivity contribution in [2.75, 3.05) is 0 Å².